The zero-order valence-electron chi connectivity index (χ0n) is 22.7. The van der Waals surface area contributed by atoms with Gasteiger partial charge in [0.25, 0.3) is 0 Å². The van der Waals surface area contributed by atoms with Crippen molar-refractivity contribution < 1.29 is 19.1 Å². The van der Waals surface area contributed by atoms with Crippen molar-refractivity contribution in [1.82, 2.24) is 0 Å². The first-order valence-corrected chi connectivity index (χ1v) is 13.5. The fourth-order valence-corrected chi connectivity index (χ4v) is 5.08. The molecule has 0 radical (unpaired) electrons. The minimum atomic E-state index is -0.840. The average molecular weight is 455 g/mol. The van der Waals surface area contributed by atoms with Gasteiger partial charge in [0.2, 0.25) is 0 Å². The molecule has 0 saturated heterocycles. The van der Waals surface area contributed by atoms with Gasteiger partial charge in [-0.3, -0.25) is 9.59 Å². The highest BCUT2D eigenvalue weighted by molar-refractivity contribution is 5.88. The van der Waals surface area contributed by atoms with E-state index in [0.29, 0.717) is 38.9 Å². The number of ether oxygens (including phenoxy) is 2. The van der Waals surface area contributed by atoms with E-state index in [-0.39, 0.29) is 23.8 Å². The van der Waals surface area contributed by atoms with Crippen LogP contribution < -0.4 is 0 Å². The van der Waals surface area contributed by atoms with Gasteiger partial charge in [0.05, 0.1) is 24.0 Å². The lowest BCUT2D eigenvalue weighted by Crippen LogP contribution is -2.55. The van der Waals surface area contributed by atoms with E-state index in [1.54, 1.807) is 0 Å². The Labute approximate surface area is 199 Å². The Morgan fingerprint density at radius 1 is 0.594 bits per heavy atom. The highest BCUT2D eigenvalue weighted by atomic mass is 16.5. The number of hydrogen-bond acceptors (Lipinski definition) is 4. The first kappa shape index (κ1) is 30.9. The SMILES string of the molecule is CCCCOC(=O)C(CCCC)(CC(C)C)C(CCCC)(CC(C)C)C(=O)OCCCC. The normalized spacial score (nSPS) is 15.4. The molecule has 4 heteroatoms. The van der Waals surface area contributed by atoms with Crippen LogP contribution in [0.2, 0.25) is 0 Å². The maximum atomic E-state index is 14.0. The Hall–Kier alpha value is -1.06. The van der Waals surface area contributed by atoms with Gasteiger partial charge < -0.3 is 9.47 Å². The van der Waals surface area contributed by atoms with E-state index in [2.05, 4.69) is 55.4 Å². The van der Waals surface area contributed by atoms with Crippen LogP contribution in [-0.4, -0.2) is 25.2 Å². The van der Waals surface area contributed by atoms with E-state index in [9.17, 15) is 9.59 Å². The summed E-state index contributed by atoms with van der Waals surface area (Å²) in [5, 5.41) is 0. The van der Waals surface area contributed by atoms with Crippen molar-refractivity contribution in [1.29, 1.82) is 0 Å². The van der Waals surface area contributed by atoms with Crippen LogP contribution in [-0.2, 0) is 19.1 Å². The van der Waals surface area contributed by atoms with Crippen molar-refractivity contribution in [2.75, 3.05) is 13.2 Å². The Morgan fingerprint density at radius 2 is 0.906 bits per heavy atom. The third-order valence-corrected chi connectivity index (χ3v) is 6.59. The molecule has 0 N–H and O–H groups in total. The molecule has 0 aliphatic heterocycles. The number of rotatable bonds is 19. The lowest BCUT2D eigenvalue weighted by molar-refractivity contribution is -0.189. The highest BCUT2D eigenvalue weighted by Gasteiger charge is 2.61. The summed E-state index contributed by atoms with van der Waals surface area (Å²) >= 11 is 0. The van der Waals surface area contributed by atoms with Crippen LogP contribution in [0.25, 0.3) is 0 Å². The molecule has 0 aliphatic carbocycles. The van der Waals surface area contributed by atoms with Crippen molar-refractivity contribution in [3.05, 3.63) is 0 Å². The lowest BCUT2D eigenvalue weighted by atomic mass is 9.53. The molecule has 0 aliphatic rings. The fraction of sp³-hybridized carbons (Fsp3) is 0.929. The molecular weight excluding hydrogens is 400 g/mol. The van der Waals surface area contributed by atoms with E-state index < -0.39 is 10.8 Å². The molecule has 0 fully saturated rings. The summed E-state index contributed by atoms with van der Waals surface area (Å²) in [5.74, 6) is 0.221. The molecular formula is C28H54O4. The smallest absolute Gasteiger partial charge is 0.313 e. The Balaban J connectivity index is 6.72. The van der Waals surface area contributed by atoms with E-state index >= 15 is 0 Å². The second-order valence-electron chi connectivity index (χ2n) is 10.5. The van der Waals surface area contributed by atoms with Gasteiger partial charge in [-0.15, -0.1) is 0 Å². The topological polar surface area (TPSA) is 52.6 Å². The van der Waals surface area contributed by atoms with Crippen LogP contribution in [0.4, 0.5) is 0 Å². The zero-order valence-corrected chi connectivity index (χ0v) is 22.7. The van der Waals surface area contributed by atoms with Gasteiger partial charge in [0.1, 0.15) is 0 Å². The van der Waals surface area contributed by atoms with Gasteiger partial charge in [-0.1, -0.05) is 93.9 Å². The maximum absolute atomic E-state index is 14.0. The molecule has 0 aromatic carbocycles. The molecule has 2 unspecified atom stereocenters. The summed E-state index contributed by atoms with van der Waals surface area (Å²) < 4.78 is 11.9. The summed E-state index contributed by atoms with van der Waals surface area (Å²) in [6, 6.07) is 0. The van der Waals surface area contributed by atoms with Crippen LogP contribution in [0.3, 0.4) is 0 Å². The van der Waals surface area contributed by atoms with Gasteiger partial charge in [-0.25, -0.2) is 0 Å². The minimum Gasteiger partial charge on any atom is -0.465 e. The Morgan fingerprint density at radius 3 is 1.16 bits per heavy atom. The Kier molecular flexibility index (Phi) is 16.0. The highest BCUT2D eigenvalue weighted by Crippen LogP contribution is 2.56. The molecule has 0 aromatic rings. The minimum absolute atomic E-state index is 0.169. The van der Waals surface area contributed by atoms with Crippen molar-refractivity contribution in [3.63, 3.8) is 0 Å². The summed E-state index contributed by atoms with van der Waals surface area (Å²) in [5.41, 5.74) is -1.68. The first-order valence-electron chi connectivity index (χ1n) is 13.5. The molecule has 32 heavy (non-hydrogen) atoms. The van der Waals surface area contributed by atoms with E-state index in [1.165, 1.54) is 0 Å². The average Bonchev–Trinajstić information content (AvgIpc) is 2.73. The van der Waals surface area contributed by atoms with Crippen molar-refractivity contribution in [3.8, 4) is 0 Å². The van der Waals surface area contributed by atoms with Gasteiger partial charge >= 0.3 is 11.9 Å². The number of carbonyl (C=O) groups excluding carboxylic acids is 2. The zero-order chi connectivity index (χ0) is 24.6. The van der Waals surface area contributed by atoms with Gasteiger partial charge in [-0.2, -0.15) is 0 Å². The summed E-state index contributed by atoms with van der Waals surface area (Å²) in [6.07, 6.45) is 10.1. The van der Waals surface area contributed by atoms with Crippen molar-refractivity contribution in [2.24, 2.45) is 22.7 Å². The molecule has 0 rings (SSSR count). The molecule has 0 heterocycles. The third kappa shape index (κ3) is 9.06. The lowest BCUT2D eigenvalue weighted by Gasteiger charge is -2.49. The Bertz CT molecular complexity index is 468. The molecule has 0 bridgehead atoms. The fourth-order valence-electron chi connectivity index (χ4n) is 5.08. The number of esters is 2. The van der Waals surface area contributed by atoms with Crippen molar-refractivity contribution in [2.45, 2.75) is 132 Å². The van der Waals surface area contributed by atoms with Gasteiger partial charge in [0, 0.05) is 0 Å². The molecule has 2 atom stereocenters. The standard InChI is InChI=1S/C28H54O4/c1-9-13-17-27(21-23(5)6,25(29)31-19-15-11-3)28(18-14-10-2,22-24(7)8)26(30)32-20-16-12-4/h23-24H,9-22H2,1-8H3. The molecule has 0 saturated carbocycles. The van der Waals surface area contributed by atoms with E-state index in [1.807, 2.05) is 0 Å². The van der Waals surface area contributed by atoms with Crippen LogP contribution in [0.1, 0.15) is 132 Å². The second-order valence-corrected chi connectivity index (χ2v) is 10.5. The van der Waals surface area contributed by atoms with E-state index in [0.717, 1.165) is 51.4 Å². The summed E-state index contributed by atoms with van der Waals surface area (Å²) in [7, 11) is 0. The van der Waals surface area contributed by atoms with E-state index in [4.69, 9.17) is 9.47 Å². The van der Waals surface area contributed by atoms with Crippen LogP contribution >= 0.6 is 0 Å². The van der Waals surface area contributed by atoms with Crippen molar-refractivity contribution >= 4 is 11.9 Å². The predicted octanol–water partition coefficient (Wildman–Crippen LogP) is 8.12. The molecule has 0 aromatic heterocycles. The molecule has 190 valence electrons. The third-order valence-electron chi connectivity index (χ3n) is 6.59. The monoisotopic (exact) mass is 454 g/mol. The summed E-state index contributed by atoms with van der Waals surface area (Å²) in [4.78, 5) is 28.0. The second kappa shape index (κ2) is 16.5. The number of unbranched alkanes of at least 4 members (excludes halogenated alkanes) is 4. The molecule has 0 amide bonds. The quantitative estimate of drug-likeness (QED) is 0.146. The van der Waals surface area contributed by atoms with Crippen LogP contribution in [0.5, 0.6) is 0 Å². The largest absolute Gasteiger partial charge is 0.465 e. The summed E-state index contributed by atoms with van der Waals surface area (Å²) in [6.45, 7) is 18.0. The number of hydrogen-bond donors (Lipinski definition) is 0. The van der Waals surface area contributed by atoms with Gasteiger partial charge in [-0.05, 0) is 50.4 Å². The molecule has 0 spiro atoms. The van der Waals surface area contributed by atoms with Gasteiger partial charge in [0.15, 0.2) is 0 Å². The predicted molar refractivity (Wildman–Crippen MR) is 135 cm³/mol. The van der Waals surface area contributed by atoms with Crippen LogP contribution in [0, 0.1) is 22.7 Å². The van der Waals surface area contributed by atoms with Crippen LogP contribution in [0.15, 0.2) is 0 Å². The number of carbonyl (C=O) groups is 2. The maximum Gasteiger partial charge on any atom is 0.313 e. The first-order chi connectivity index (χ1) is 15.2. The molecule has 4 nitrogen and oxygen atoms in total.